The van der Waals surface area contributed by atoms with E-state index in [1.54, 1.807) is 20.8 Å². The number of aliphatic hydroxyl groups excluding tert-OH is 1. The second kappa shape index (κ2) is 19.7. The molecule has 0 aromatic rings. The van der Waals surface area contributed by atoms with Gasteiger partial charge in [-0.3, -0.25) is 9.59 Å². The Balaban J connectivity index is -0.000000468. The first kappa shape index (κ1) is 32.1. The van der Waals surface area contributed by atoms with Crippen LogP contribution < -0.4 is 10.6 Å². The van der Waals surface area contributed by atoms with Crippen molar-refractivity contribution in [2.75, 3.05) is 39.3 Å². The Bertz CT molecular complexity index is 444. The highest BCUT2D eigenvalue weighted by Crippen LogP contribution is 2.10. The SMILES string of the molecule is CCN(CCCC(=O)O)C(=O)OC(C)(C)C.CCNCCCC(=O)NCCO.Cl. The summed E-state index contributed by atoms with van der Waals surface area (Å²) in [6.45, 7) is 12.4. The van der Waals surface area contributed by atoms with Crippen LogP contribution in [0.4, 0.5) is 4.79 Å². The van der Waals surface area contributed by atoms with E-state index in [1.807, 2.05) is 13.8 Å². The highest BCUT2D eigenvalue weighted by Gasteiger charge is 2.20. The van der Waals surface area contributed by atoms with E-state index in [-0.39, 0.29) is 37.4 Å². The van der Waals surface area contributed by atoms with Crippen molar-refractivity contribution in [2.24, 2.45) is 0 Å². The average molecular weight is 442 g/mol. The van der Waals surface area contributed by atoms with Crippen molar-refractivity contribution >= 4 is 30.4 Å². The molecule has 0 saturated carbocycles. The van der Waals surface area contributed by atoms with E-state index < -0.39 is 11.6 Å². The van der Waals surface area contributed by atoms with Crippen LogP contribution in [0.25, 0.3) is 0 Å². The maximum Gasteiger partial charge on any atom is 0.410 e. The minimum atomic E-state index is -0.847. The van der Waals surface area contributed by atoms with Crippen LogP contribution in [0.2, 0.25) is 0 Å². The van der Waals surface area contributed by atoms with E-state index in [0.717, 1.165) is 19.5 Å². The largest absolute Gasteiger partial charge is 0.481 e. The zero-order chi connectivity index (χ0) is 22.0. The minimum absolute atomic E-state index is 0. The van der Waals surface area contributed by atoms with Gasteiger partial charge in [-0.25, -0.2) is 4.79 Å². The number of carbonyl (C=O) groups is 3. The Labute approximate surface area is 181 Å². The Hall–Kier alpha value is -1.58. The van der Waals surface area contributed by atoms with Crippen LogP contribution in [-0.4, -0.2) is 78.0 Å². The van der Waals surface area contributed by atoms with Gasteiger partial charge >= 0.3 is 12.1 Å². The zero-order valence-corrected chi connectivity index (χ0v) is 19.3. The predicted octanol–water partition coefficient (Wildman–Crippen LogP) is 2.01. The summed E-state index contributed by atoms with van der Waals surface area (Å²) in [4.78, 5) is 34.4. The smallest absolute Gasteiger partial charge is 0.410 e. The number of carboxylic acid groups (broad SMARTS) is 1. The third-order valence-corrected chi connectivity index (χ3v) is 3.29. The number of rotatable bonds is 12. The van der Waals surface area contributed by atoms with E-state index in [9.17, 15) is 14.4 Å². The van der Waals surface area contributed by atoms with Crippen LogP contribution in [0.15, 0.2) is 0 Å². The maximum atomic E-state index is 11.6. The molecule has 0 saturated heterocycles. The quantitative estimate of drug-likeness (QED) is 0.341. The van der Waals surface area contributed by atoms with Gasteiger partial charge in [0.1, 0.15) is 5.60 Å². The van der Waals surface area contributed by atoms with Gasteiger partial charge < -0.3 is 30.5 Å². The lowest BCUT2D eigenvalue weighted by Crippen LogP contribution is -2.37. The third kappa shape index (κ3) is 24.4. The van der Waals surface area contributed by atoms with E-state index in [2.05, 4.69) is 10.6 Å². The number of carbonyl (C=O) groups excluding carboxylic acids is 2. The number of aliphatic carboxylic acids is 1. The highest BCUT2D eigenvalue weighted by molar-refractivity contribution is 5.85. The summed E-state index contributed by atoms with van der Waals surface area (Å²) >= 11 is 0. The van der Waals surface area contributed by atoms with Crippen LogP contribution >= 0.6 is 12.4 Å². The molecule has 0 spiro atoms. The molecule has 0 bridgehead atoms. The molecule has 0 aliphatic heterocycles. The summed E-state index contributed by atoms with van der Waals surface area (Å²) in [6.07, 6.45) is 1.51. The fraction of sp³-hybridized carbons (Fsp3) is 0.842. The molecule has 0 radical (unpaired) electrons. The minimum Gasteiger partial charge on any atom is -0.481 e. The van der Waals surface area contributed by atoms with Gasteiger partial charge in [-0.05, 0) is 53.6 Å². The average Bonchev–Trinajstić information content (AvgIpc) is 2.59. The molecule has 4 N–H and O–H groups in total. The van der Waals surface area contributed by atoms with E-state index in [1.165, 1.54) is 4.90 Å². The van der Waals surface area contributed by atoms with Gasteiger partial charge in [-0.15, -0.1) is 12.4 Å². The fourth-order valence-electron chi connectivity index (χ4n) is 1.96. The Morgan fingerprint density at radius 3 is 2.10 bits per heavy atom. The molecule has 0 fully saturated rings. The summed E-state index contributed by atoms with van der Waals surface area (Å²) in [5, 5.41) is 22.6. The van der Waals surface area contributed by atoms with E-state index >= 15 is 0 Å². The van der Waals surface area contributed by atoms with Crippen molar-refractivity contribution in [2.45, 2.75) is 65.9 Å². The standard InChI is InChI=1S/C11H21NO4.C8H18N2O2.ClH/c1-5-12(8-6-7-9(13)14)10(15)16-11(2,3)4;1-2-9-5-3-4-8(12)10-6-7-11;/h5-8H2,1-4H3,(H,13,14);9,11H,2-7H2,1H3,(H,10,12);1H. The molecule has 9 nitrogen and oxygen atoms in total. The molecule has 0 aliphatic carbocycles. The number of halogens is 1. The molecule has 0 unspecified atom stereocenters. The van der Waals surface area contributed by atoms with Gasteiger partial charge in [-0.1, -0.05) is 6.92 Å². The second-order valence-corrected chi connectivity index (χ2v) is 7.09. The van der Waals surface area contributed by atoms with Crippen molar-refractivity contribution in [3.05, 3.63) is 0 Å². The Morgan fingerprint density at radius 2 is 1.66 bits per heavy atom. The van der Waals surface area contributed by atoms with E-state index in [0.29, 0.717) is 32.5 Å². The predicted molar refractivity (Wildman–Crippen MR) is 115 cm³/mol. The van der Waals surface area contributed by atoms with E-state index in [4.69, 9.17) is 14.9 Å². The Morgan fingerprint density at radius 1 is 1.03 bits per heavy atom. The molecule has 0 rings (SSSR count). The van der Waals surface area contributed by atoms with Crippen molar-refractivity contribution in [3.63, 3.8) is 0 Å². The number of aliphatic hydroxyl groups is 1. The molecule has 0 aromatic carbocycles. The number of carboxylic acids is 1. The monoisotopic (exact) mass is 441 g/mol. The van der Waals surface area contributed by atoms with Gasteiger partial charge in [0, 0.05) is 32.5 Å². The second-order valence-electron chi connectivity index (χ2n) is 7.09. The normalized spacial score (nSPS) is 10.1. The lowest BCUT2D eigenvalue weighted by molar-refractivity contribution is -0.137. The molecule has 0 atom stereocenters. The van der Waals surface area contributed by atoms with Crippen molar-refractivity contribution < 1.29 is 29.3 Å². The number of nitrogens with zero attached hydrogens (tertiary/aromatic N) is 1. The van der Waals surface area contributed by atoms with Gasteiger partial charge in [0.2, 0.25) is 5.91 Å². The lowest BCUT2D eigenvalue weighted by Gasteiger charge is -2.26. The molecule has 2 amide bonds. The number of nitrogens with one attached hydrogen (secondary N) is 2. The third-order valence-electron chi connectivity index (χ3n) is 3.29. The molecule has 0 heterocycles. The number of hydrogen-bond acceptors (Lipinski definition) is 6. The van der Waals surface area contributed by atoms with Crippen molar-refractivity contribution in [1.82, 2.24) is 15.5 Å². The molecule has 0 aliphatic rings. The van der Waals surface area contributed by atoms with Crippen LogP contribution in [0.3, 0.4) is 0 Å². The molecular formula is C19H40ClN3O6. The topological polar surface area (TPSA) is 128 Å². The van der Waals surface area contributed by atoms with Gasteiger partial charge in [0.25, 0.3) is 0 Å². The van der Waals surface area contributed by atoms with Crippen molar-refractivity contribution in [1.29, 1.82) is 0 Å². The molecule has 174 valence electrons. The first-order valence-electron chi connectivity index (χ1n) is 9.85. The highest BCUT2D eigenvalue weighted by atomic mass is 35.5. The first-order valence-corrected chi connectivity index (χ1v) is 9.85. The van der Waals surface area contributed by atoms with Gasteiger partial charge in [0.15, 0.2) is 0 Å². The lowest BCUT2D eigenvalue weighted by atomic mass is 10.2. The first-order chi connectivity index (χ1) is 13.1. The van der Waals surface area contributed by atoms with Crippen LogP contribution in [0.5, 0.6) is 0 Å². The van der Waals surface area contributed by atoms with Gasteiger partial charge in [-0.2, -0.15) is 0 Å². The molecule has 10 heteroatoms. The molecule has 0 aromatic heterocycles. The summed E-state index contributed by atoms with van der Waals surface area (Å²) in [5.41, 5.74) is -0.517. The van der Waals surface area contributed by atoms with Crippen molar-refractivity contribution in [3.8, 4) is 0 Å². The van der Waals surface area contributed by atoms with Crippen LogP contribution in [-0.2, 0) is 14.3 Å². The maximum absolute atomic E-state index is 11.6. The fourth-order valence-corrected chi connectivity index (χ4v) is 1.96. The number of hydrogen-bond donors (Lipinski definition) is 4. The zero-order valence-electron chi connectivity index (χ0n) is 18.5. The summed E-state index contributed by atoms with van der Waals surface area (Å²) in [5.74, 6) is -0.831. The summed E-state index contributed by atoms with van der Waals surface area (Å²) in [7, 11) is 0. The summed E-state index contributed by atoms with van der Waals surface area (Å²) < 4.78 is 5.19. The Kier molecular flexibility index (Phi) is 21.8. The van der Waals surface area contributed by atoms with Gasteiger partial charge in [0.05, 0.1) is 6.61 Å². The molecule has 29 heavy (non-hydrogen) atoms. The van der Waals surface area contributed by atoms with Crippen LogP contribution in [0, 0.1) is 0 Å². The number of ether oxygens (including phenoxy) is 1. The number of amides is 2. The van der Waals surface area contributed by atoms with Crippen LogP contribution in [0.1, 0.15) is 60.3 Å². The summed E-state index contributed by atoms with van der Waals surface area (Å²) in [6, 6.07) is 0. The molecular weight excluding hydrogens is 402 g/mol.